The minimum absolute atomic E-state index is 0.620. The van der Waals surface area contributed by atoms with Gasteiger partial charge < -0.3 is 4.90 Å². The van der Waals surface area contributed by atoms with Gasteiger partial charge in [-0.2, -0.15) is 0 Å². The molecular weight excluding hydrogens is 232 g/mol. The monoisotopic (exact) mass is 258 g/mol. The Morgan fingerprint density at radius 3 is 2.79 bits per heavy atom. The lowest BCUT2D eigenvalue weighted by molar-refractivity contribution is 0.273. The number of rotatable bonds is 2. The molecule has 1 aromatic rings. The molecule has 3 rings (SSSR count). The minimum Gasteiger partial charge on any atom is -0.370 e. The zero-order valence-electron chi connectivity index (χ0n) is 12.3. The molecule has 1 unspecified atom stereocenters. The fourth-order valence-electron chi connectivity index (χ4n) is 3.52. The Balaban J connectivity index is 1.79. The van der Waals surface area contributed by atoms with Crippen LogP contribution in [-0.2, 0) is 0 Å². The first-order valence-electron chi connectivity index (χ1n) is 7.83. The molecule has 104 valence electrons. The van der Waals surface area contributed by atoms with Crippen LogP contribution in [0.1, 0.15) is 44.6 Å². The van der Waals surface area contributed by atoms with Gasteiger partial charge in [-0.15, -0.1) is 0 Å². The molecule has 0 radical (unpaired) electrons. The largest absolute Gasteiger partial charge is 0.370 e. The topological polar surface area (TPSA) is 6.48 Å². The van der Waals surface area contributed by atoms with Crippen molar-refractivity contribution in [3.8, 4) is 0 Å². The summed E-state index contributed by atoms with van der Waals surface area (Å²) >= 11 is 0. The third kappa shape index (κ3) is 2.79. The predicted molar refractivity (Wildman–Crippen MR) is 82.0 cm³/mol. The van der Waals surface area contributed by atoms with Gasteiger partial charge in [0.05, 0.1) is 0 Å². The first kappa shape index (κ1) is 13.0. The van der Waals surface area contributed by atoms with E-state index in [0.29, 0.717) is 5.92 Å². The SMILES string of the molecule is CC(C)c1cccc(N2CCCN3CCCC3C2)c1. The minimum atomic E-state index is 0.620. The lowest BCUT2D eigenvalue weighted by Gasteiger charge is -2.28. The first-order valence-corrected chi connectivity index (χ1v) is 7.83. The number of hydrogen-bond acceptors (Lipinski definition) is 2. The Bertz CT molecular complexity index is 427. The summed E-state index contributed by atoms with van der Waals surface area (Å²) in [6.07, 6.45) is 4.09. The Hall–Kier alpha value is -1.02. The molecule has 2 aliphatic heterocycles. The Kier molecular flexibility index (Phi) is 3.79. The lowest BCUT2D eigenvalue weighted by atomic mass is 10.0. The van der Waals surface area contributed by atoms with Crippen molar-refractivity contribution < 1.29 is 0 Å². The van der Waals surface area contributed by atoms with Crippen LogP contribution in [0.15, 0.2) is 24.3 Å². The van der Waals surface area contributed by atoms with E-state index in [1.165, 1.54) is 56.7 Å². The maximum Gasteiger partial charge on any atom is 0.0369 e. The number of benzene rings is 1. The van der Waals surface area contributed by atoms with Gasteiger partial charge in [-0.05, 0) is 49.4 Å². The highest BCUT2D eigenvalue weighted by molar-refractivity contribution is 5.49. The van der Waals surface area contributed by atoms with Gasteiger partial charge in [0.25, 0.3) is 0 Å². The molecule has 1 aromatic carbocycles. The zero-order chi connectivity index (χ0) is 13.2. The van der Waals surface area contributed by atoms with E-state index in [2.05, 4.69) is 47.9 Å². The maximum absolute atomic E-state index is 2.70. The summed E-state index contributed by atoms with van der Waals surface area (Å²) in [6, 6.07) is 9.96. The molecule has 2 heteroatoms. The van der Waals surface area contributed by atoms with Crippen LogP contribution in [0, 0.1) is 0 Å². The van der Waals surface area contributed by atoms with E-state index in [1.54, 1.807) is 0 Å². The van der Waals surface area contributed by atoms with E-state index in [4.69, 9.17) is 0 Å². The molecule has 0 N–H and O–H groups in total. The maximum atomic E-state index is 2.70. The number of fused-ring (bicyclic) bond motifs is 1. The fourth-order valence-corrected chi connectivity index (χ4v) is 3.52. The molecule has 0 spiro atoms. The molecule has 0 aliphatic carbocycles. The van der Waals surface area contributed by atoms with Crippen LogP contribution in [0.2, 0.25) is 0 Å². The normalized spacial score (nSPS) is 24.6. The molecule has 0 aromatic heterocycles. The molecule has 2 fully saturated rings. The third-order valence-electron chi connectivity index (χ3n) is 4.71. The highest BCUT2D eigenvalue weighted by Crippen LogP contribution is 2.27. The van der Waals surface area contributed by atoms with Crippen LogP contribution < -0.4 is 4.90 Å². The van der Waals surface area contributed by atoms with E-state index in [1.807, 2.05) is 0 Å². The molecule has 19 heavy (non-hydrogen) atoms. The lowest BCUT2D eigenvalue weighted by Crippen LogP contribution is -2.36. The first-order chi connectivity index (χ1) is 9.24. The number of anilines is 1. The summed E-state index contributed by atoms with van der Waals surface area (Å²) in [5.41, 5.74) is 2.89. The Morgan fingerprint density at radius 1 is 1.11 bits per heavy atom. The highest BCUT2D eigenvalue weighted by Gasteiger charge is 2.28. The van der Waals surface area contributed by atoms with E-state index in [-0.39, 0.29) is 0 Å². The van der Waals surface area contributed by atoms with Crippen molar-refractivity contribution in [1.82, 2.24) is 4.90 Å². The molecule has 0 saturated carbocycles. The quantitative estimate of drug-likeness (QED) is 0.801. The summed E-state index contributed by atoms with van der Waals surface area (Å²) in [7, 11) is 0. The summed E-state index contributed by atoms with van der Waals surface area (Å²) < 4.78 is 0. The third-order valence-corrected chi connectivity index (χ3v) is 4.71. The van der Waals surface area contributed by atoms with Crippen molar-refractivity contribution in [3.05, 3.63) is 29.8 Å². The average molecular weight is 258 g/mol. The van der Waals surface area contributed by atoms with E-state index >= 15 is 0 Å². The van der Waals surface area contributed by atoms with Crippen LogP contribution in [0.3, 0.4) is 0 Å². The molecular formula is C17H26N2. The average Bonchev–Trinajstić information content (AvgIpc) is 2.76. The number of hydrogen-bond donors (Lipinski definition) is 0. The van der Waals surface area contributed by atoms with Crippen molar-refractivity contribution in [2.24, 2.45) is 0 Å². The summed E-state index contributed by atoms with van der Waals surface area (Å²) in [5, 5.41) is 0. The van der Waals surface area contributed by atoms with Gasteiger partial charge in [-0.25, -0.2) is 0 Å². The van der Waals surface area contributed by atoms with Gasteiger partial charge in [-0.1, -0.05) is 26.0 Å². The standard InChI is InChI=1S/C17H26N2/c1-14(2)15-6-3-7-16(12-15)19-11-5-10-18-9-4-8-17(18)13-19/h3,6-7,12,14,17H,4-5,8-11,13H2,1-2H3. The smallest absolute Gasteiger partial charge is 0.0369 e. The van der Waals surface area contributed by atoms with Crippen molar-refractivity contribution in [1.29, 1.82) is 0 Å². The van der Waals surface area contributed by atoms with Gasteiger partial charge in [0.2, 0.25) is 0 Å². The van der Waals surface area contributed by atoms with Crippen LogP contribution in [-0.4, -0.2) is 37.1 Å². The van der Waals surface area contributed by atoms with Crippen molar-refractivity contribution in [2.45, 2.75) is 45.1 Å². The van der Waals surface area contributed by atoms with Crippen LogP contribution in [0.5, 0.6) is 0 Å². The van der Waals surface area contributed by atoms with E-state index < -0.39 is 0 Å². The Labute approximate surface area is 117 Å². The summed E-state index contributed by atoms with van der Waals surface area (Å²) in [5.74, 6) is 0.620. The molecule has 0 bridgehead atoms. The second-order valence-electron chi connectivity index (χ2n) is 6.38. The van der Waals surface area contributed by atoms with Crippen LogP contribution in [0.4, 0.5) is 5.69 Å². The van der Waals surface area contributed by atoms with Gasteiger partial charge in [0, 0.05) is 31.4 Å². The predicted octanol–water partition coefficient (Wildman–Crippen LogP) is 3.48. The molecule has 2 nitrogen and oxygen atoms in total. The fraction of sp³-hybridized carbons (Fsp3) is 0.647. The molecule has 2 aliphatic rings. The highest BCUT2D eigenvalue weighted by atomic mass is 15.3. The second-order valence-corrected chi connectivity index (χ2v) is 6.38. The van der Waals surface area contributed by atoms with E-state index in [0.717, 1.165) is 6.04 Å². The van der Waals surface area contributed by atoms with Gasteiger partial charge >= 0.3 is 0 Å². The molecule has 2 saturated heterocycles. The second kappa shape index (κ2) is 5.54. The van der Waals surface area contributed by atoms with Gasteiger partial charge in [0.1, 0.15) is 0 Å². The van der Waals surface area contributed by atoms with Crippen LogP contribution >= 0.6 is 0 Å². The van der Waals surface area contributed by atoms with Crippen molar-refractivity contribution in [3.63, 3.8) is 0 Å². The molecule has 2 heterocycles. The van der Waals surface area contributed by atoms with Crippen LogP contribution in [0.25, 0.3) is 0 Å². The van der Waals surface area contributed by atoms with E-state index in [9.17, 15) is 0 Å². The van der Waals surface area contributed by atoms with Crippen molar-refractivity contribution in [2.75, 3.05) is 31.1 Å². The van der Waals surface area contributed by atoms with Gasteiger partial charge in [0.15, 0.2) is 0 Å². The molecule has 1 atom stereocenters. The Morgan fingerprint density at radius 2 is 1.95 bits per heavy atom. The zero-order valence-corrected chi connectivity index (χ0v) is 12.3. The van der Waals surface area contributed by atoms with Gasteiger partial charge in [-0.3, -0.25) is 4.90 Å². The summed E-state index contributed by atoms with van der Waals surface area (Å²) in [6.45, 7) is 9.62. The van der Waals surface area contributed by atoms with Crippen molar-refractivity contribution >= 4 is 5.69 Å². The number of nitrogens with zero attached hydrogens (tertiary/aromatic N) is 2. The summed E-state index contributed by atoms with van der Waals surface area (Å²) in [4.78, 5) is 5.31. The molecule has 0 amide bonds.